The first-order valence-corrected chi connectivity index (χ1v) is 16.5. The molecule has 0 aliphatic rings. The highest BCUT2D eigenvalue weighted by molar-refractivity contribution is 7.92. The van der Waals surface area contributed by atoms with Crippen molar-refractivity contribution < 1.29 is 22.7 Å². The van der Waals surface area contributed by atoms with E-state index in [0.29, 0.717) is 18.0 Å². The lowest BCUT2D eigenvalue weighted by atomic mass is 9.87. The number of benzene rings is 3. The van der Waals surface area contributed by atoms with Crippen molar-refractivity contribution in [3.05, 3.63) is 95.6 Å². The lowest BCUT2D eigenvalue weighted by Crippen LogP contribution is -2.53. The van der Waals surface area contributed by atoms with Crippen LogP contribution >= 0.6 is 0 Å². The number of nitrogens with one attached hydrogen (secondary N) is 1. The quantitative estimate of drug-likeness (QED) is 0.251. The molecule has 1 N–H and O–H groups in total. The van der Waals surface area contributed by atoms with Crippen LogP contribution < -0.4 is 14.4 Å². The third kappa shape index (κ3) is 9.85. The molecule has 3 rings (SSSR count). The Morgan fingerprint density at radius 1 is 0.930 bits per heavy atom. The highest BCUT2D eigenvalue weighted by Gasteiger charge is 2.33. The van der Waals surface area contributed by atoms with Gasteiger partial charge in [-0.25, -0.2) is 8.42 Å². The smallest absolute Gasteiger partial charge is 0.244 e. The maximum atomic E-state index is 14.2. The lowest BCUT2D eigenvalue weighted by molar-refractivity contribution is -0.140. The molecule has 2 amide bonds. The second-order valence-electron chi connectivity index (χ2n) is 11.8. The van der Waals surface area contributed by atoms with Crippen molar-refractivity contribution in [1.29, 1.82) is 0 Å². The van der Waals surface area contributed by atoms with Crippen LogP contribution in [-0.4, -0.2) is 57.6 Å². The number of hydrogen-bond acceptors (Lipinski definition) is 5. The van der Waals surface area contributed by atoms with Crippen LogP contribution in [-0.2, 0) is 38.0 Å². The van der Waals surface area contributed by atoms with Gasteiger partial charge in [-0.2, -0.15) is 0 Å². The van der Waals surface area contributed by atoms with E-state index in [1.165, 1.54) is 4.90 Å². The van der Waals surface area contributed by atoms with Gasteiger partial charge < -0.3 is 15.0 Å². The van der Waals surface area contributed by atoms with Crippen molar-refractivity contribution in [2.75, 3.05) is 30.8 Å². The molecule has 3 aromatic rings. The molecule has 1 atom stereocenters. The summed E-state index contributed by atoms with van der Waals surface area (Å²) in [7, 11) is -2.27. The van der Waals surface area contributed by atoms with Crippen LogP contribution in [0.1, 0.15) is 57.2 Å². The van der Waals surface area contributed by atoms with Crippen LogP contribution in [0.5, 0.6) is 5.75 Å². The van der Waals surface area contributed by atoms with Gasteiger partial charge in [-0.15, -0.1) is 0 Å². The van der Waals surface area contributed by atoms with E-state index in [0.717, 1.165) is 40.1 Å². The minimum Gasteiger partial charge on any atom is -0.497 e. The first-order valence-electron chi connectivity index (χ1n) is 14.7. The van der Waals surface area contributed by atoms with E-state index in [9.17, 15) is 18.0 Å². The zero-order valence-corrected chi connectivity index (χ0v) is 27.0. The molecular formula is C34H45N3O5S. The standard InChI is InChI=1S/C34H45N3O5S/c1-7-8-21-35-33(39)31(23-26-13-10-9-11-14-26)36(24-27-15-12-16-30(22-27)42-5)32(38)25-37(43(6,40)41)29-19-17-28(18-20-29)34(2,3)4/h9-20,22,31H,7-8,21,23-25H2,1-6H3,(H,35,39)/t31-/m0/s1. The highest BCUT2D eigenvalue weighted by atomic mass is 32.2. The zero-order valence-electron chi connectivity index (χ0n) is 26.2. The molecule has 0 saturated heterocycles. The molecule has 0 bridgehead atoms. The Kier molecular flexibility index (Phi) is 11.8. The fourth-order valence-electron chi connectivity index (χ4n) is 4.77. The van der Waals surface area contributed by atoms with Crippen molar-refractivity contribution in [3.63, 3.8) is 0 Å². The van der Waals surface area contributed by atoms with E-state index in [-0.39, 0.29) is 24.3 Å². The van der Waals surface area contributed by atoms with Crippen LogP contribution in [0.3, 0.4) is 0 Å². The Morgan fingerprint density at radius 3 is 2.16 bits per heavy atom. The molecule has 0 spiro atoms. The highest BCUT2D eigenvalue weighted by Crippen LogP contribution is 2.27. The van der Waals surface area contributed by atoms with Crippen molar-refractivity contribution in [2.45, 2.75) is 65.0 Å². The number of carbonyl (C=O) groups excluding carboxylic acids is 2. The van der Waals surface area contributed by atoms with Crippen LogP contribution in [0.2, 0.25) is 0 Å². The number of nitrogens with zero attached hydrogens (tertiary/aromatic N) is 2. The minimum absolute atomic E-state index is 0.0926. The van der Waals surface area contributed by atoms with Gasteiger partial charge in [0, 0.05) is 19.5 Å². The first-order chi connectivity index (χ1) is 20.3. The molecule has 0 aliphatic heterocycles. The minimum atomic E-state index is -3.84. The van der Waals surface area contributed by atoms with Gasteiger partial charge in [0.1, 0.15) is 18.3 Å². The Labute approximate surface area is 257 Å². The van der Waals surface area contributed by atoms with E-state index in [1.807, 2.05) is 67.6 Å². The van der Waals surface area contributed by atoms with Crippen molar-refractivity contribution in [3.8, 4) is 5.75 Å². The van der Waals surface area contributed by atoms with Gasteiger partial charge in [-0.3, -0.25) is 13.9 Å². The molecule has 8 nitrogen and oxygen atoms in total. The summed E-state index contributed by atoms with van der Waals surface area (Å²) in [4.78, 5) is 29.4. The summed E-state index contributed by atoms with van der Waals surface area (Å²) in [6.45, 7) is 8.40. The molecule has 232 valence electrons. The van der Waals surface area contributed by atoms with Crippen LogP contribution in [0.15, 0.2) is 78.9 Å². The van der Waals surface area contributed by atoms with E-state index >= 15 is 0 Å². The Bertz CT molecular complexity index is 1450. The molecular weight excluding hydrogens is 562 g/mol. The SMILES string of the molecule is CCCCNC(=O)[C@H](Cc1ccccc1)N(Cc1cccc(OC)c1)C(=O)CN(c1ccc(C(C)(C)C)cc1)S(C)(=O)=O. The van der Waals surface area contributed by atoms with E-state index in [4.69, 9.17) is 4.74 Å². The van der Waals surface area contributed by atoms with Gasteiger partial charge in [0.05, 0.1) is 19.1 Å². The fraction of sp³-hybridized carbons (Fsp3) is 0.412. The maximum absolute atomic E-state index is 14.2. The molecule has 43 heavy (non-hydrogen) atoms. The van der Waals surface area contributed by atoms with Gasteiger partial charge in [0.25, 0.3) is 0 Å². The predicted molar refractivity (Wildman–Crippen MR) is 173 cm³/mol. The number of unbranched alkanes of at least 4 members (excludes halogenated alkanes) is 1. The third-order valence-electron chi connectivity index (χ3n) is 7.29. The van der Waals surface area contributed by atoms with Crippen LogP contribution in [0, 0.1) is 0 Å². The molecule has 0 unspecified atom stereocenters. The fourth-order valence-corrected chi connectivity index (χ4v) is 5.62. The van der Waals surface area contributed by atoms with Gasteiger partial charge >= 0.3 is 0 Å². The summed E-state index contributed by atoms with van der Waals surface area (Å²) in [5.41, 5.74) is 2.96. The third-order valence-corrected chi connectivity index (χ3v) is 8.43. The number of rotatable bonds is 14. The molecule has 0 saturated carbocycles. The molecule has 0 radical (unpaired) electrons. The summed E-state index contributed by atoms with van der Waals surface area (Å²) in [6, 6.07) is 23.1. The number of hydrogen-bond donors (Lipinski definition) is 1. The Morgan fingerprint density at radius 2 is 1.58 bits per heavy atom. The van der Waals surface area contributed by atoms with Gasteiger partial charge in [-0.05, 0) is 52.8 Å². The lowest BCUT2D eigenvalue weighted by Gasteiger charge is -2.33. The normalized spacial score (nSPS) is 12.3. The van der Waals surface area contributed by atoms with Gasteiger partial charge in [0.2, 0.25) is 21.8 Å². The average molecular weight is 608 g/mol. The van der Waals surface area contributed by atoms with Gasteiger partial charge in [0.15, 0.2) is 0 Å². The monoisotopic (exact) mass is 607 g/mol. The molecule has 0 aromatic heterocycles. The van der Waals surface area contributed by atoms with E-state index < -0.39 is 28.5 Å². The number of carbonyl (C=O) groups is 2. The number of sulfonamides is 1. The van der Waals surface area contributed by atoms with E-state index in [1.54, 1.807) is 25.3 Å². The topological polar surface area (TPSA) is 96.0 Å². The Hall–Kier alpha value is -3.85. The predicted octanol–water partition coefficient (Wildman–Crippen LogP) is 5.32. The number of methoxy groups -OCH3 is 1. The summed E-state index contributed by atoms with van der Waals surface area (Å²) < 4.78 is 32.6. The summed E-state index contributed by atoms with van der Waals surface area (Å²) in [6.07, 6.45) is 3.07. The molecule has 3 aromatic carbocycles. The number of amides is 2. The van der Waals surface area contributed by atoms with Crippen LogP contribution in [0.4, 0.5) is 5.69 Å². The number of anilines is 1. The average Bonchev–Trinajstić information content (AvgIpc) is 2.97. The van der Waals surface area contributed by atoms with Crippen LogP contribution in [0.25, 0.3) is 0 Å². The second kappa shape index (κ2) is 15.0. The van der Waals surface area contributed by atoms with Crippen molar-refractivity contribution >= 4 is 27.5 Å². The maximum Gasteiger partial charge on any atom is 0.244 e. The Balaban J connectivity index is 2.05. The molecule has 9 heteroatoms. The zero-order chi connectivity index (χ0) is 31.6. The molecule has 0 aliphatic carbocycles. The van der Waals surface area contributed by atoms with Crippen molar-refractivity contribution in [2.24, 2.45) is 0 Å². The first kappa shape index (κ1) is 33.6. The summed E-state index contributed by atoms with van der Waals surface area (Å²) in [5, 5.41) is 2.99. The summed E-state index contributed by atoms with van der Waals surface area (Å²) in [5.74, 6) is -0.151. The number of ether oxygens (including phenoxy) is 1. The van der Waals surface area contributed by atoms with E-state index in [2.05, 4.69) is 26.1 Å². The van der Waals surface area contributed by atoms with Crippen molar-refractivity contribution in [1.82, 2.24) is 10.2 Å². The largest absolute Gasteiger partial charge is 0.497 e. The molecule has 0 fully saturated rings. The molecule has 0 heterocycles. The second-order valence-corrected chi connectivity index (χ2v) is 13.7. The summed E-state index contributed by atoms with van der Waals surface area (Å²) >= 11 is 0. The van der Waals surface area contributed by atoms with Gasteiger partial charge in [-0.1, -0.05) is 88.7 Å².